The molecular formula is C16H19FN4O2. The van der Waals surface area contributed by atoms with Gasteiger partial charge in [0.1, 0.15) is 5.82 Å². The quantitative estimate of drug-likeness (QED) is 0.925. The van der Waals surface area contributed by atoms with Crippen molar-refractivity contribution in [1.82, 2.24) is 10.1 Å². The van der Waals surface area contributed by atoms with E-state index in [0.717, 1.165) is 0 Å². The number of halogens is 1. The van der Waals surface area contributed by atoms with E-state index in [2.05, 4.69) is 10.5 Å². The Morgan fingerprint density at radius 3 is 2.83 bits per heavy atom. The van der Waals surface area contributed by atoms with E-state index in [1.165, 1.54) is 6.07 Å². The topological polar surface area (TPSA) is 61.6 Å². The second-order valence-electron chi connectivity index (χ2n) is 5.70. The van der Waals surface area contributed by atoms with Gasteiger partial charge in [0.2, 0.25) is 5.88 Å². The fourth-order valence-corrected chi connectivity index (χ4v) is 2.79. The van der Waals surface area contributed by atoms with Gasteiger partial charge >= 0.3 is 6.03 Å². The zero-order chi connectivity index (χ0) is 16.4. The smallest absolute Gasteiger partial charge is 0.324 e. The number of anilines is 2. The summed E-state index contributed by atoms with van der Waals surface area (Å²) in [4.78, 5) is 15.9. The molecule has 1 aromatic carbocycles. The maximum absolute atomic E-state index is 13.9. The summed E-state index contributed by atoms with van der Waals surface area (Å²) < 4.78 is 18.9. The summed E-state index contributed by atoms with van der Waals surface area (Å²) >= 11 is 0. The van der Waals surface area contributed by atoms with Gasteiger partial charge < -0.3 is 14.3 Å². The number of nitrogens with one attached hydrogen (secondary N) is 1. The number of carbonyl (C=O) groups excluding carboxylic acids is 1. The van der Waals surface area contributed by atoms with Gasteiger partial charge in [0.05, 0.1) is 11.4 Å². The van der Waals surface area contributed by atoms with Crippen LogP contribution in [-0.2, 0) is 0 Å². The molecule has 6 nitrogen and oxygen atoms in total. The van der Waals surface area contributed by atoms with Gasteiger partial charge in [-0.3, -0.25) is 5.32 Å². The third kappa shape index (κ3) is 3.28. The zero-order valence-corrected chi connectivity index (χ0v) is 13.1. The number of amides is 2. The van der Waals surface area contributed by atoms with Crippen molar-refractivity contribution in [3.8, 4) is 0 Å². The minimum atomic E-state index is -0.241. The Hall–Kier alpha value is -2.57. The molecule has 2 heterocycles. The van der Waals surface area contributed by atoms with Crippen LogP contribution in [0.25, 0.3) is 0 Å². The van der Waals surface area contributed by atoms with E-state index in [4.69, 9.17) is 4.52 Å². The second kappa shape index (κ2) is 6.28. The van der Waals surface area contributed by atoms with Crippen LogP contribution < -0.4 is 10.2 Å². The molecule has 7 heteroatoms. The first kappa shape index (κ1) is 15.3. The van der Waals surface area contributed by atoms with E-state index in [1.807, 2.05) is 17.9 Å². The van der Waals surface area contributed by atoms with Crippen LogP contribution in [0, 0.1) is 12.7 Å². The molecule has 1 aromatic heterocycles. The minimum Gasteiger partial charge on any atom is -0.363 e. The van der Waals surface area contributed by atoms with Crippen molar-refractivity contribution in [2.45, 2.75) is 19.9 Å². The predicted molar refractivity (Wildman–Crippen MR) is 85.0 cm³/mol. The first-order valence-corrected chi connectivity index (χ1v) is 7.55. The number of rotatable bonds is 2. The normalized spacial score (nSPS) is 18.1. The summed E-state index contributed by atoms with van der Waals surface area (Å²) in [6.45, 7) is 5.36. The second-order valence-corrected chi connectivity index (χ2v) is 5.70. The highest BCUT2D eigenvalue weighted by Crippen LogP contribution is 2.24. The number of urea groups is 1. The molecule has 2 aromatic rings. The van der Waals surface area contributed by atoms with E-state index in [-0.39, 0.29) is 17.9 Å². The Morgan fingerprint density at radius 1 is 1.39 bits per heavy atom. The number of piperazine rings is 1. The van der Waals surface area contributed by atoms with Crippen molar-refractivity contribution in [2.75, 3.05) is 29.9 Å². The van der Waals surface area contributed by atoms with Gasteiger partial charge in [-0.05, 0) is 26.0 Å². The van der Waals surface area contributed by atoms with Crippen molar-refractivity contribution < 1.29 is 13.7 Å². The largest absolute Gasteiger partial charge is 0.363 e. The van der Waals surface area contributed by atoms with E-state index >= 15 is 0 Å². The van der Waals surface area contributed by atoms with Gasteiger partial charge in [-0.25, -0.2) is 9.18 Å². The molecule has 1 N–H and O–H groups in total. The Balaban J connectivity index is 1.64. The van der Waals surface area contributed by atoms with E-state index in [0.29, 0.717) is 36.9 Å². The van der Waals surface area contributed by atoms with Crippen LogP contribution >= 0.6 is 0 Å². The van der Waals surface area contributed by atoms with Gasteiger partial charge in [0.15, 0.2) is 0 Å². The Labute approximate surface area is 133 Å². The predicted octanol–water partition coefficient (Wildman–Crippen LogP) is 2.86. The average Bonchev–Trinajstić information content (AvgIpc) is 2.93. The standard InChI is InChI=1S/C16H19FN4O2/c1-11-9-15(23-19-11)18-16(22)20-7-8-21(12(2)10-20)14-6-4-3-5-13(14)17/h3-6,9,12H,7-8,10H2,1-2H3,(H,18,22)/t12-/m0/s1. The number of nitrogens with zero attached hydrogens (tertiary/aromatic N) is 3. The molecule has 0 radical (unpaired) electrons. The molecule has 0 aliphatic carbocycles. The number of benzene rings is 1. The lowest BCUT2D eigenvalue weighted by molar-refractivity contribution is 0.199. The van der Waals surface area contributed by atoms with Crippen LogP contribution in [0.4, 0.5) is 20.8 Å². The Bertz CT molecular complexity index is 703. The third-order valence-corrected chi connectivity index (χ3v) is 3.93. The van der Waals surface area contributed by atoms with Crippen molar-refractivity contribution in [1.29, 1.82) is 0 Å². The van der Waals surface area contributed by atoms with Gasteiger partial charge in [0.25, 0.3) is 0 Å². The third-order valence-electron chi connectivity index (χ3n) is 3.93. The summed E-state index contributed by atoms with van der Waals surface area (Å²) in [5.41, 5.74) is 1.28. The van der Waals surface area contributed by atoms with Crippen LogP contribution in [0.3, 0.4) is 0 Å². The van der Waals surface area contributed by atoms with E-state index < -0.39 is 0 Å². The summed E-state index contributed by atoms with van der Waals surface area (Å²) in [6.07, 6.45) is 0. The van der Waals surface area contributed by atoms with Crippen LogP contribution in [0.15, 0.2) is 34.9 Å². The molecule has 0 saturated carbocycles. The highest BCUT2D eigenvalue weighted by atomic mass is 19.1. The van der Waals surface area contributed by atoms with Crippen molar-refractivity contribution >= 4 is 17.6 Å². The molecule has 0 spiro atoms. The molecule has 1 fully saturated rings. The number of para-hydroxylation sites is 1. The Kier molecular flexibility index (Phi) is 4.18. The van der Waals surface area contributed by atoms with Crippen LogP contribution in [-0.4, -0.2) is 41.8 Å². The fraction of sp³-hybridized carbons (Fsp3) is 0.375. The monoisotopic (exact) mass is 318 g/mol. The van der Waals surface area contributed by atoms with Crippen molar-refractivity contribution in [2.24, 2.45) is 0 Å². The summed E-state index contributed by atoms with van der Waals surface area (Å²) in [5, 5.41) is 6.42. The SMILES string of the molecule is Cc1cc(NC(=O)N2CCN(c3ccccc3F)[C@@H](C)C2)on1. The van der Waals surface area contributed by atoms with E-state index in [9.17, 15) is 9.18 Å². The lowest BCUT2D eigenvalue weighted by Crippen LogP contribution is -2.55. The highest BCUT2D eigenvalue weighted by Gasteiger charge is 2.28. The maximum Gasteiger partial charge on any atom is 0.324 e. The molecule has 1 atom stereocenters. The minimum absolute atomic E-state index is 0.0165. The Morgan fingerprint density at radius 2 is 2.17 bits per heavy atom. The molecule has 2 amide bonds. The average molecular weight is 318 g/mol. The maximum atomic E-state index is 13.9. The van der Waals surface area contributed by atoms with Crippen LogP contribution in [0.2, 0.25) is 0 Å². The fourth-order valence-electron chi connectivity index (χ4n) is 2.79. The lowest BCUT2D eigenvalue weighted by Gasteiger charge is -2.41. The van der Waals surface area contributed by atoms with Gasteiger partial charge in [-0.15, -0.1) is 0 Å². The molecule has 0 unspecified atom stereocenters. The van der Waals surface area contributed by atoms with Gasteiger partial charge in [-0.2, -0.15) is 0 Å². The number of aryl methyl sites for hydroxylation is 1. The highest BCUT2D eigenvalue weighted by molar-refractivity contribution is 5.88. The molecular weight excluding hydrogens is 299 g/mol. The number of carbonyl (C=O) groups is 1. The van der Waals surface area contributed by atoms with Gasteiger partial charge in [-0.1, -0.05) is 17.3 Å². The van der Waals surface area contributed by atoms with Crippen molar-refractivity contribution in [3.05, 3.63) is 41.8 Å². The van der Waals surface area contributed by atoms with Crippen molar-refractivity contribution in [3.63, 3.8) is 0 Å². The number of aromatic nitrogens is 1. The van der Waals surface area contributed by atoms with Crippen LogP contribution in [0.5, 0.6) is 0 Å². The van der Waals surface area contributed by atoms with Crippen LogP contribution in [0.1, 0.15) is 12.6 Å². The molecule has 23 heavy (non-hydrogen) atoms. The summed E-state index contributed by atoms with van der Waals surface area (Å²) in [5.74, 6) is 0.0890. The van der Waals surface area contributed by atoms with Gasteiger partial charge in [0, 0.05) is 31.7 Å². The molecule has 3 rings (SSSR count). The first-order valence-electron chi connectivity index (χ1n) is 7.55. The molecule has 1 aliphatic rings. The summed E-state index contributed by atoms with van der Waals surface area (Å²) in [6, 6.07) is 8.15. The molecule has 0 bridgehead atoms. The number of hydrogen-bond donors (Lipinski definition) is 1. The molecule has 122 valence electrons. The summed E-state index contributed by atoms with van der Waals surface area (Å²) in [7, 11) is 0. The number of hydrogen-bond acceptors (Lipinski definition) is 4. The zero-order valence-electron chi connectivity index (χ0n) is 13.1. The molecule has 1 aliphatic heterocycles. The van der Waals surface area contributed by atoms with E-state index in [1.54, 1.807) is 30.0 Å². The first-order chi connectivity index (χ1) is 11.0. The lowest BCUT2D eigenvalue weighted by atomic mass is 10.1. The molecule has 1 saturated heterocycles.